The lowest BCUT2D eigenvalue weighted by Crippen LogP contribution is -2.27. The number of benzene rings is 3. The van der Waals surface area contributed by atoms with Crippen molar-refractivity contribution in [2.45, 2.75) is 79.7 Å². The maximum Gasteiger partial charge on any atom is 0.252 e. The molecule has 42 heavy (non-hydrogen) atoms. The van der Waals surface area contributed by atoms with Crippen molar-refractivity contribution < 1.29 is 14.0 Å². The summed E-state index contributed by atoms with van der Waals surface area (Å²) < 4.78 is 14.7. The van der Waals surface area contributed by atoms with Crippen LogP contribution in [0.25, 0.3) is 5.57 Å². The Labute approximate surface area is 251 Å². The molecule has 4 nitrogen and oxygen atoms in total. The molecule has 3 aromatic carbocycles. The zero-order valence-electron chi connectivity index (χ0n) is 26.0. The van der Waals surface area contributed by atoms with Crippen molar-refractivity contribution in [3.8, 4) is 0 Å². The third kappa shape index (κ3) is 7.76. The molecule has 0 unspecified atom stereocenters. The van der Waals surface area contributed by atoms with Crippen LogP contribution in [0.15, 0.2) is 77.5 Å². The van der Waals surface area contributed by atoms with E-state index < -0.39 is 0 Å². The number of allylic oxidation sites excluding steroid dienone is 1. The van der Waals surface area contributed by atoms with E-state index in [1.807, 2.05) is 45.9 Å². The number of nitrogens with zero attached hydrogens (tertiary/aromatic N) is 1. The number of carbonyl (C=O) groups excluding carboxylic acids is 1. The minimum Gasteiger partial charge on any atom is -0.396 e. The number of hydrogen-bond acceptors (Lipinski definition) is 3. The summed E-state index contributed by atoms with van der Waals surface area (Å²) in [4.78, 5) is 19.3. The first-order chi connectivity index (χ1) is 20.2. The number of halogens is 1. The van der Waals surface area contributed by atoms with E-state index in [1.54, 1.807) is 6.07 Å². The Kier molecular flexibility index (Phi) is 10.7. The first-order valence-electron chi connectivity index (χ1n) is 15.3. The monoisotopic (exact) mass is 568 g/mol. The maximum absolute atomic E-state index is 14.7. The zero-order chi connectivity index (χ0) is 30.2. The van der Waals surface area contributed by atoms with E-state index in [9.17, 15) is 9.18 Å². The smallest absolute Gasteiger partial charge is 0.252 e. The zero-order valence-corrected chi connectivity index (χ0v) is 26.0. The lowest BCUT2D eigenvalue weighted by Gasteiger charge is -2.28. The molecule has 0 spiro atoms. The summed E-state index contributed by atoms with van der Waals surface area (Å²) in [7, 11) is 0. The highest BCUT2D eigenvalue weighted by atomic mass is 19.1. The van der Waals surface area contributed by atoms with E-state index in [1.165, 1.54) is 11.1 Å². The Morgan fingerprint density at radius 1 is 1.00 bits per heavy atom. The van der Waals surface area contributed by atoms with Crippen molar-refractivity contribution in [3.63, 3.8) is 0 Å². The fourth-order valence-electron chi connectivity index (χ4n) is 5.90. The van der Waals surface area contributed by atoms with Crippen molar-refractivity contribution >= 4 is 17.2 Å². The van der Waals surface area contributed by atoms with Gasteiger partial charge in [0.05, 0.1) is 5.71 Å². The molecule has 1 amide bonds. The average Bonchev–Trinajstić information content (AvgIpc) is 2.96. The molecule has 0 bridgehead atoms. The number of nitrogens with one attached hydrogen (secondary N) is 1. The molecule has 0 heterocycles. The number of amides is 1. The van der Waals surface area contributed by atoms with Crippen LogP contribution in [0.3, 0.4) is 0 Å². The number of hydrogen-bond donors (Lipinski definition) is 1. The summed E-state index contributed by atoms with van der Waals surface area (Å²) >= 11 is 0. The summed E-state index contributed by atoms with van der Waals surface area (Å²) in [6, 6.07) is 22.2. The molecule has 0 fully saturated rings. The van der Waals surface area contributed by atoms with E-state index >= 15 is 0 Å². The Bertz CT molecular complexity index is 1440. The molecule has 5 heteroatoms. The van der Waals surface area contributed by atoms with Crippen LogP contribution in [-0.2, 0) is 29.0 Å². The summed E-state index contributed by atoms with van der Waals surface area (Å²) in [5, 5.41) is 7.40. The fourth-order valence-corrected chi connectivity index (χ4v) is 5.90. The minimum absolute atomic E-state index is 0.108. The van der Waals surface area contributed by atoms with Gasteiger partial charge in [-0.2, -0.15) is 0 Å². The first-order valence-corrected chi connectivity index (χ1v) is 15.3. The molecular weight excluding hydrogens is 523 g/mol. The van der Waals surface area contributed by atoms with Crippen molar-refractivity contribution in [2.24, 2.45) is 17.0 Å². The van der Waals surface area contributed by atoms with Crippen molar-refractivity contribution in [1.29, 1.82) is 0 Å². The van der Waals surface area contributed by atoms with Crippen LogP contribution in [0, 0.1) is 17.7 Å². The molecule has 4 rings (SSSR count). The largest absolute Gasteiger partial charge is 0.396 e. The summed E-state index contributed by atoms with van der Waals surface area (Å²) in [5.74, 6) is 0.416. The molecule has 1 aliphatic carbocycles. The maximum atomic E-state index is 14.7. The van der Waals surface area contributed by atoms with Gasteiger partial charge in [0.2, 0.25) is 0 Å². The van der Waals surface area contributed by atoms with Gasteiger partial charge in [-0.25, -0.2) is 4.39 Å². The molecule has 0 aromatic heterocycles. The number of oxime groups is 1. The molecule has 0 radical (unpaired) electrons. The van der Waals surface area contributed by atoms with Gasteiger partial charge >= 0.3 is 0 Å². The highest BCUT2D eigenvalue weighted by Crippen LogP contribution is 2.37. The second kappa shape index (κ2) is 14.4. The van der Waals surface area contributed by atoms with Gasteiger partial charge in [0, 0.05) is 12.1 Å². The van der Waals surface area contributed by atoms with Crippen molar-refractivity contribution in [1.82, 2.24) is 5.32 Å². The Balaban J connectivity index is 1.71. The highest BCUT2D eigenvalue weighted by Gasteiger charge is 2.27. The lowest BCUT2D eigenvalue weighted by atomic mass is 9.77. The number of rotatable bonds is 10. The molecule has 222 valence electrons. The van der Waals surface area contributed by atoms with E-state index in [4.69, 9.17) is 4.84 Å². The van der Waals surface area contributed by atoms with Gasteiger partial charge < -0.3 is 10.2 Å². The Morgan fingerprint density at radius 2 is 1.76 bits per heavy atom. The van der Waals surface area contributed by atoms with Crippen LogP contribution in [0.2, 0.25) is 0 Å². The van der Waals surface area contributed by atoms with Crippen molar-refractivity contribution in [3.05, 3.63) is 112 Å². The Hall–Kier alpha value is -3.73. The van der Waals surface area contributed by atoms with Gasteiger partial charge in [-0.1, -0.05) is 93.0 Å². The highest BCUT2D eigenvalue weighted by molar-refractivity contribution is 6.21. The van der Waals surface area contributed by atoms with Gasteiger partial charge in [0.15, 0.2) is 0 Å². The van der Waals surface area contributed by atoms with Gasteiger partial charge in [0.25, 0.3) is 5.91 Å². The predicted octanol–water partition coefficient (Wildman–Crippen LogP) is 8.63. The normalized spacial score (nSPS) is 17.5. The average molecular weight is 569 g/mol. The van der Waals surface area contributed by atoms with Crippen LogP contribution in [-0.4, -0.2) is 18.2 Å². The third-order valence-corrected chi connectivity index (χ3v) is 8.21. The van der Waals surface area contributed by atoms with Gasteiger partial charge in [-0.3, -0.25) is 4.79 Å². The van der Waals surface area contributed by atoms with Crippen LogP contribution < -0.4 is 5.32 Å². The summed E-state index contributed by atoms with van der Waals surface area (Å²) in [6.45, 7) is 12.9. The minimum atomic E-state index is -0.226. The number of carbonyl (C=O) groups is 1. The fraction of sp³-hybridized carbons (Fsp3) is 0.405. The van der Waals surface area contributed by atoms with Crippen LogP contribution >= 0.6 is 0 Å². The molecule has 3 aromatic rings. The van der Waals surface area contributed by atoms with Gasteiger partial charge in [-0.05, 0) is 103 Å². The predicted molar refractivity (Wildman–Crippen MR) is 171 cm³/mol. The SMILES string of the molecule is CCO/N=C(\C)c1ccc2c(c1)C[C@@H](Cc1ccccc1)CC/C(C(C)C)=C\2C(=O)NCc1ccc(C(C)C)c(F)c1. The third-order valence-electron chi connectivity index (χ3n) is 8.21. The topological polar surface area (TPSA) is 50.7 Å². The quantitative estimate of drug-likeness (QED) is 0.197. The van der Waals surface area contributed by atoms with Crippen molar-refractivity contribution in [2.75, 3.05) is 6.61 Å². The van der Waals surface area contributed by atoms with Crippen LogP contribution in [0.1, 0.15) is 93.7 Å². The van der Waals surface area contributed by atoms with E-state index in [0.29, 0.717) is 18.1 Å². The second-order valence-corrected chi connectivity index (χ2v) is 12.0. The molecular formula is C37H45FN2O2. The van der Waals surface area contributed by atoms with E-state index in [2.05, 4.69) is 66.8 Å². The molecule has 0 saturated heterocycles. The molecule has 1 atom stereocenters. The standard InChI is InChI=1S/C37H45FN2O2/c1-7-42-40-26(6)30-15-18-34-31(22-30)20-28(19-27-11-9-8-10-12-27)13-17-33(25(4)5)36(34)37(41)39-23-29-14-16-32(24(2)3)35(38)21-29/h8-12,14-16,18,21-22,24-25,28H,7,13,17,19-20,23H2,1-6H3,(H,39,41)/b36-33-,40-26+/t28-/m1/s1. The number of fused-ring (bicyclic) bond motifs is 1. The molecule has 1 N–H and O–H groups in total. The summed E-state index contributed by atoms with van der Waals surface area (Å²) in [6.07, 6.45) is 3.71. The lowest BCUT2D eigenvalue weighted by molar-refractivity contribution is -0.115. The van der Waals surface area contributed by atoms with Gasteiger partial charge in [0.1, 0.15) is 12.4 Å². The Morgan fingerprint density at radius 3 is 2.43 bits per heavy atom. The first kappa shape index (κ1) is 31.2. The van der Waals surface area contributed by atoms with E-state index in [-0.39, 0.29) is 30.1 Å². The van der Waals surface area contributed by atoms with E-state index in [0.717, 1.165) is 59.2 Å². The summed E-state index contributed by atoms with van der Waals surface area (Å²) in [5.41, 5.74) is 8.62. The second-order valence-electron chi connectivity index (χ2n) is 12.0. The molecule has 1 aliphatic rings. The van der Waals surface area contributed by atoms with Crippen LogP contribution in [0.5, 0.6) is 0 Å². The molecule has 0 aliphatic heterocycles. The van der Waals surface area contributed by atoms with Gasteiger partial charge in [-0.15, -0.1) is 0 Å². The molecule has 0 saturated carbocycles. The van der Waals surface area contributed by atoms with Crippen LogP contribution in [0.4, 0.5) is 4.39 Å².